The average molecular weight is 426 g/mol. The minimum atomic E-state index is -4.37. The summed E-state index contributed by atoms with van der Waals surface area (Å²) >= 11 is 0. The molecule has 1 aromatic carbocycles. The number of piperazine rings is 1. The third-order valence-corrected chi connectivity index (χ3v) is 5.96. The summed E-state index contributed by atoms with van der Waals surface area (Å²) < 4.78 is 38.8. The molecule has 30 heavy (non-hydrogen) atoms. The molecular weight excluding hydrogens is 397 g/mol. The first-order chi connectivity index (χ1) is 14.2. The number of imide groups is 1. The largest absolute Gasteiger partial charge is 0.416 e. The van der Waals surface area contributed by atoms with Crippen LogP contribution in [0.2, 0.25) is 0 Å². The van der Waals surface area contributed by atoms with Crippen molar-refractivity contribution in [2.45, 2.75) is 57.3 Å². The van der Waals surface area contributed by atoms with E-state index in [4.69, 9.17) is 0 Å². The topological polar surface area (TPSA) is 64.7 Å². The number of halogens is 3. The third kappa shape index (κ3) is 5.87. The van der Waals surface area contributed by atoms with Crippen molar-refractivity contribution in [2.75, 3.05) is 31.1 Å². The molecule has 0 radical (unpaired) electrons. The van der Waals surface area contributed by atoms with Crippen LogP contribution in [-0.4, -0.2) is 55.1 Å². The second kappa shape index (κ2) is 9.68. The van der Waals surface area contributed by atoms with Crippen molar-refractivity contribution in [2.24, 2.45) is 0 Å². The van der Waals surface area contributed by atoms with Gasteiger partial charge in [0, 0.05) is 37.9 Å². The van der Waals surface area contributed by atoms with Gasteiger partial charge in [-0.2, -0.15) is 13.2 Å². The SMILES string of the molecule is C[C@H](C(=O)NC(=O)NC1CCCCC1)N1CCN(c2cccc(C(F)(F)F)c2)CC1. The van der Waals surface area contributed by atoms with Gasteiger partial charge in [-0.05, 0) is 38.0 Å². The Morgan fingerprint density at radius 3 is 2.37 bits per heavy atom. The highest BCUT2D eigenvalue weighted by atomic mass is 19.4. The predicted molar refractivity (Wildman–Crippen MR) is 108 cm³/mol. The van der Waals surface area contributed by atoms with Crippen molar-refractivity contribution in [3.8, 4) is 0 Å². The molecule has 2 fully saturated rings. The van der Waals surface area contributed by atoms with Crippen LogP contribution in [0.4, 0.5) is 23.7 Å². The molecular formula is C21H29F3N4O2. The molecule has 3 amide bonds. The van der Waals surface area contributed by atoms with Crippen LogP contribution >= 0.6 is 0 Å². The zero-order valence-corrected chi connectivity index (χ0v) is 17.2. The van der Waals surface area contributed by atoms with Crippen molar-refractivity contribution in [3.63, 3.8) is 0 Å². The first kappa shape index (κ1) is 22.4. The van der Waals surface area contributed by atoms with E-state index < -0.39 is 23.8 Å². The lowest BCUT2D eigenvalue weighted by atomic mass is 9.96. The van der Waals surface area contributed by atoms with Gasteiger partial charge in [0.15, 0.2) is 0 Å². The van der Waals surface area contributed by atoms with Crippen LogP contribution in [0.5, 0.6) is 0 Å². The van der Waals surface area contributed by atoms with E-state index in [1.54, 1.807) is 13.0 Å². The number of nitrogens with one attached hydrogen (secondary N) is 2. The summed E-state index contributed by atoms with van der Waals surface area (Å²) in [4.78, 5) is 28.4. The lowest BCUT2D eigenvalue weighted by molar-refractivity contribution is -0.137. The normalized spacial score (nSPS) is 19.9. The molecule has 0 bridgehead atoms. The molecule has 3 rings (SSSR count). The standard InChI is InChI=1S/C21H29F3N4O2/c1-15(19(29)26-20(30)25-17-7-3-2-4-8-17)27-10-12-28(13-11-27)18-9-5-6-16(14-18)21(22,23)24/h5-6,9,14-15,17H,2-4,7-8,10-13H2,1H3,(H2,25,26,29,30)/t15-/m1/s1. The second-order valence-electron chi connectivity index (χ2n) is 8.04. The third-order valence-electron chi connectivity index (χ3n) is 5.96. The molecule has 1 heterocycles. The zero-order chi connectivity index (χ0) is 21.7. The quantitative estimate of drug-likeness (QED) is 0.775. The molecule has 1 saturated carbocycles. The van der Waals surface area contributed by atoms with Crippen LogP contribution in [0, 0.1) is 0 Å². The summed E-state index contributed by atoms with van der Waals surface area (Å²) in [5.41, 5.74) is -0.146. The highest BCUT2D eigenvalue weighted by Crippen LogP contribution is 2.32. The fourth-order valence-corrected chi connectivity index (χ4v) is 4.10. The van der Waals surface area contributed by atoms with E-state index in [-0.39, 0.29) is 11.9 Å². The van der Waals surface area contributed by atoms with E-state index in [9.17, 15) is 22.8 Å². The Labute approximate surface area is 174 Å². The number of rotatable bonds is 4. The van der Waals surface area contributed by atoms with Gasteiger partial charge in [0.05, 0.1) is 11.6 Å². The van der Waals surface area contributed by atoms with Gasteiger partial charge >= 0.3 is 12.2 Å². The Bertz CT molecular complexity index is 742. The Morgan fingerprint density at radius 2 is 1.73 bits per heavy atom. The van der Waals surface area contributed by atoms with Crippen LogP contribution in [0.1, 0.15) is 44.6 Å². The lowest BCUT2D eigenvalue weighted by Crippen LogP contribution is -2.56. The number of nitrogens with zero attached hydrogens (tertiary/aromatic N) is 2. The Kier molecular flexibility index (Phi) is 7.23. The van der Waals surface area contributed by atoms with Gasteiger partial charge in [-0.1, -0.05) is 25.3 Å². The van der Waals surface area contributed by atoms with E-state index in [2.05, 4.69) is 10.6 Å². The molecule has 1 atom stereocenters. The number of hydrogen-bond donors (Lipinski definition) is 2. The number of carbonyl (C=O) groups is 2. The Hall–Kier alpha value is -2.29. The fraction of sp³-hybridized carbons (Fsp3) is 0.619. The molecule has 9 heteroatoms. The fourth-order valence-electron chi connectivity index (χ4n) is 4.10. The van der Waals surface area contributed by atoms with Gasteiger partial charge in [0.1, 0.15) is 0 Å². The highest BCUT2D eigenvalue weighted by Gasteiger charge is 2.32. The number of alkyl halides is 3. The van der Waals surface area contributed by atoms with Crippen molar-refractivity contribution in [1.82, 2.24) is 15.5 Å². The summed E-state index contributed by atoms with van der Waals surface area (Å²) in [6.45, 7) is 3.80. The van der Waals surface area contributed by atoms with Gasteiger partial charge in [0.25, 0.3) is 0 Å². The van der Waals surface area contributed by atoms with Crippen LogP contribution in [0.25, 0.3) is 0 Å². The van der Waals surface area contributed by atoms with Crippen LogP contribution in [0.3, 0.4) is 0 Å². The lowest BCUT2D eigenvalue weighted by Gasteiger charge is -2.38. The number of amides is 3. The van der Waals surface area contributed by atoms with E-state index in [0.717, 1.165) is 37.8 Å². The number of anilines is 1. The maximum Gasteiger partial charge on any atom is 0.416 e. The summed E-state index contributed by atoms with van der Waals surface area (Å²) in [6, 6.07) is 4.46. The van der Waals surface area contributed by atoms with Gasteiger partial charge in [-0.15, -0.1) is 0 Å². The molecule has 0 unspecified atom stereocenters. The summed E-state index contributed by atoms with van der Waals surface area (Å²) in [5.74, 6) is -0.365. The minimum Gasteiger partial charge on any atom is -0.369 e. The highest BCUT2D eigenvalue weighted by molar-refractivity contribution is 5.96. The number of urea groups is 1. The molecule has 1 aliphatic carbocycles. The van der Waals surface area contributed by atoms with Crippen LogP contribution in [-0.2, 0) is 11.0 Å². The molecule has 2 N–H and O–H groups in total. The molecule has 2 aliphatic rings. The van der Waals surface area contributed by atoms with Crippen molar-refractivity contribution >= 4 is 17.6 Å². The minimum absolute atomic E-state index is 0.123. The first-order valence-electron chi connectivity index (χ1n) is 10.5. The van der Waals surface area contributed by atoms with Gasteiger partial charge < -0.3 is 10.2 Å². The van der Waals surface area contributed by atoms with E-state index >= 15 is 0 Å². The summed E-state index contributed by atoms with van der Waals surface area (Å²) in [7, 11) is 0. The van der Waals surface area contributed by atoms with Crippen LogP contribution in [0.15, 0.2) is 24.3 Å². The van der Waals surface area contributed by atoms with Gasteiger partial charge in [-0.25, -0.2) is 4.79 Å². The second-order valence-corrected chi connectivity index (χ2v) is 8.04. The van der Waals surface area contributed by atoms with Crippen molar-refractivity contribution < 1.29 is 22.8 Å². The van der Waals surface area contributed by atoms with Gasteiger partial charge in [-0.3, -0.25) is 15.0 Å². The average Bonchev–Trinajstić information content (AvgIpc) is 2.73. The Balaban J connectivity index is 1.48. The molecule has 1 aliphatic heterocycles. The maximum atomic E-state index is 12.9. The zero-order valence-electron chi connectivity index (χ0n) is 17.2. The van der Waals surface area contributed by atoms with E-state index in [1.807, 2.05) is 9.80 Å². The Morgan fingerprint density at radius 1 is 1.07 bits per heavy atom. The van der Waals surface area contributed by atoms with E-state index in [0.29, 0.717) is 31.9 Å². The van der Waals surface area contributed by atoms with Crippen molar-refractivity contribution in [3.05, 3.63) is 29.8 Å². The van der Waals surface area contributed by atoms with E-state index in [1.165, 1.54) is 12.5 Å². The van der Waals surface area contributed by atoms with Crippen LogP contribution < -0.4 is 15.5 Å². The summed E-state index contributed by atoms with van der Waals surface area (Å²) in [6.07, 6.45) is 0.866. The summed E-state index contributed by atoms with van der Waals surface area (Å²) in [5, 5.41) is 5.29. The molecule has 6 nitrogen and oxygen atoms in total. The maximum absolute atomic E-state index is 12.9. The molecule has 1 saturated heterocycles. The smallest absolute Gasteiger partial charge is 0.369 e. The number of hydrogen-bond acceptors (Lipinski definition) is 4. The predicted octanol–water partition coefficient (Wildman–Crippen LogP) is 3.37. The molecule has 0 aromatic heterocycles. The first-order valence-corrected chi connectivity index (χ1v) is 10.5. The van der Waals surface area contributed by atoms with Crippen molar-refractivity contribution in [1.29, 1.82) is 0 Å². The molecule has 166 valence electrons. The molecule has 1 aromatic rings. The number of carbonyl (C=O) groups excluding carboxylic acids is 2. The monoisotopic (exact) mass is 426 g/mol. The molecule has 0 spiro atoms. The number of benzene rings is 1. The van der Waals surface area contributed by atoms with Gasteiger partial charge in [0.2, 0.25) is 5.91 Å².